The van der Waals surface area contributed by atoms with Crippen LogP contribution in [-0.4, -0.2) is 50.3 Å². The van der Waals surface area contributed by atoms with E-state index in [1.807, 2.05) is 35.2 Å². The lowest BCUT2D eigenvalue weighted by atomic mass is 9.85. The van der Waals surface area contributed by atoms with E-state index < -0.39 is 5.72 Å². The number of nitrogens with zero attached hydrogens (tertiary/aromatic N) is 2. The fourth-order valence-electron chi connectivity index (χ4n) is 4.02. The van der Waals surface area contributed by atoms with E-state index >= 15 is 0 Å². The summed E-state index contributed by atoms with van der Waals surface area (Å²) in [5.41, 5.74) is 1.63. The molecule has 0 amide bonds. The molecule has 2 aliphatic heterocycles. The summed E-state index contributed by atoms with van der Waals surface area (Å²) in [6.07, 6.45) is 1.36. The Morgan fingerprint density at radius 3 is 2.41 bits per heavy atom. The lowest BCUT2D eigenvalue weighted by Crippen LogP contribution is -2.56. The Morgan fingerprint density at radius 2 is 1.74 bits per heavy atom. The first kappa shape index (κ1) is 17.7. The van der Waals surface area contributed by atoms with Crippen molar-refractivity contribution in [3.05, 3.63) is 53.1 Å². The maximum Gasteiger partial charge on any atom is 0.203 e. The number of rotatable bonds is 4. The van der Waals surface area contributed by atoms with Gasteiger partial charge in [0.2, 0.25) is 5.75 Å². The van der Waals surface area contributed by atoms with Crippen molar-refractivity contribution in [2.45, 2.75) is 18.6 Å². The summed E-state index contributed by atoms with van der Waals surface area (Å²) in [5, 5.41) is 11.9. The van der Waals surface area contributed by atoms with Gasteiger partial charge >= 0.3 is 0 Å². The highest BCUT2D eigenvalue weighted by atomic mass is 16.5. The predicted molar refractivity (Wildman–Crippen MR) is 103 cm³/mol. The third kappa shape index (κ3) is 2.72. The summed E-state index contributed by atoms with van der Waals surface area (Å²) in [5.74, 6) is 2.40. The molecule has 0 aromatic heterocycles. The zero-order valence-corrected chi connectivity index (χ0v) is 15.9. The molecule has 27 heavy (non-hydrogen) atoms. The van der Waals surface area contributed by atoms with Gasteiger partial charge in [0.25, 0.3) is 0 Å². The first-order chi connectivity index (χ1) is 13.1. The van der Waals surface area contributed by atoms with Gasteiger partial charge in [-0.25, -0.2) is 0 Å². The van der Waals surface area contributed by atoms with Gasteiger partial charge in [-0.3, -0.25) is 4.99 Å². The summed E-state index contributed by atoms with van der Waals surface area (Å²) in [7, 11) is 4.73. The number of aliphatic imine (C=N–C) groups is 1. The summed E-state index contributed by atoms with van der Waals surface area (Å²) in [6, 6.07) is 11.8. The second kappa shape index (κ2) is 6.78. The fourth-order valence-corrected chi connectivity index (χ4v) is 4.02. The average Bonchev–Trinajstić information content (AvgIpc) is 2.72. The molecule has 0 bridgehead atoms. The van der Waals surface area contributed by atoms with Crippen molar-refractivity contribution in [3.8, 4) is 17.2 Å². The topological polar surface area (TPSA) is 63.5 Å². The minimum absolute atomic E-state index is 0.459. The lowest BCUT2D eigenvalue weighted by molar-refractivity contribution is -0.0821. The van der Waals surface area contributed by atoms with Gasteiger partial charge in [-0.2, -0.15) is 0 Å². The van der Waals surface area contributed by atoms with Crippen LogP contribution in [0, 0.1) is 0 Å². The quantitative estimate of drug-likeness (QED) is 0.899. The molecule has 1 atom stereocenters. The molecule has 4 rings (SSSR count). The van der Waals surface area contributed by atoms with Crippen LogP contribution in [0.5, 0.6) is 17.2 Å². The van der Waals surface area contributed by atoms with Crippen molar-refractivity contribution < 1.29 is 19.3 Å². The van der Waals surface area contributed by atoms with E-state index in [0.29, 0.717) is 29.2 Å². The van der Waals surface area contributed by atoms with Gasteiger partial charge in [-0.1, -0.05) is 24.3 Å². The molecule has 2 aliphatic rings. The maximum atomic E-state index is 11.9. The molecule has 6 nitrogen and oxygen atoms in total. The molecule has 142 valence electrons. The van der Waals surface area contributed by atoms with Gasteiger partial charge in [0.15, 0.2) is 17.2 Å². The van der Waals surface area contributed by atoms with E-state index in [2.05, 4.69) is 6.07 Å². The summed E-state index contributed by atoms with van der Waals surface area (Å²) in [6.45, 7) is 1.51. The van der Waals surface area contributed by atoms with Gasteiger partial charge in [-0.15, -0.1) is 0 Å². The Labute approximate surface area is 159 Å². The number of hydrogen-bond donors (Lipinski definition) is 1. The van der Waals surface area contributed by atoms with Gasteiger partial charge in [0, 0.05) is 30.6 Å². The van der Waals surface area contributed by atoms with Crippen molar-refractivity contribution in [3.63, 3.8) is 0 Å². The smallest absolute Gasteiger partial charge is 0.203 e. The highest BCUT2D eigenvalue weighted by Gasteiger charge is 2.45. The number of hydrogen-bond acceptors (Lipinski definition) is 6. The first-order valence-corrected chi connectivity index (χ1v) is 9.05. The number of methoxy groups -OCH3 is 3. The number of ether oxygens (including phenoxy) is 3. The van der Waals surface area contributed by atoms with Crippen molar-refractivity contribution >= 4 is 5.84 Å². The minimum Gasteiger partial charge on any atom is -0.493 e. The van der Waals surface area contributed by atoms with Crippen LogP contribution >= 0.6 is 0 Å². The van der Waals surface area contributed by atoms with E-state index in [9.17, 15) is 5.11 Å². The molecular formula is C21H24N2O4. The van der Waals surface area contributed by atoms with Crippen LogP contribution in [0.1, 0.15) is 23.1 Å². The van der Waals surface area contributed by atoms with Crippen LogP contribution in [0.25, 0.3) is 0 Å². The maximum absolute atomic E-state index is 11.9. The van der Waals surface area contributed by atoms with Gasteiger partial charge in [0.1, 0.15) is 5.84 Å². The average molecular weight is 368 g/mol. The molecular weight excluding hydrogens is 344 g/mol. The van der Waals surface area contributed by atoms with Crippen molar-refractivity contribution in [1.29, 1.82) is 0 Å². The summed E-state index contributed by atoms with van der Waals surface area (Å²) in [4.78, 5) is 6.73. The standard InChI is InChI=1S/C21H24N2O4/c1-25-17-11-15(12-18(26-2)19(17)27-3)21(24)13-14-7-4-5-8-16(14)20-22-9-6-10-23(20)21/h4-5,7-8,11-12,24H,6,9-10,13H2,1-3H3. The molecule has 0 aliphatic carbocycles. The Kier molecular flexibility index (Phi) is 4.44. The van der Waals surface area contributed by atoms with Gasteiger partial charge in [0.05, 0.1) is 21.3 Å². The number of fused-ring (bicyclic) bond motifs is 3. The Hall–Kier alpha value is -2.73. The van der Waals surface area contributed by atoms with Crippen molar-refractivity contribution in [2.75, 3.05) is 34.4 Å². The molecule has 0 radical (unpaired) electrons. The SMILES string of the molecule is COc1cc(C2(O)Cc3ccccc3C3=NCCCN32)cc(OC)c1OC. The van der Waals surface area contributed by atoms with E-state index in [0.717, 1.165) is 36.5 Å². The van der Waals surface area contributed by atoms with Crippen LogP contribution in [0.4, 0.5) is 0 Å². The van der Waals surface area contributed by atoms with E-state index in [1.165, 1.54) is 0 Å². The molecule has 0 saturated carbocycles. The molecule has 6 heteroatoms. The van der Waals surface area contributed by atoms with Gasteiger partial charge in [-0.05, 0) is 24.1 Å². The normalized spacial score (nSPS) is 21.0. The first-order valence-electron chi connectivity index (χ1n) is 9.05. The highest BCUT2D eigenvalue weighted by Crippen LogP contribution is 2.45. The zero-order chi connectivity index (χ0) is 19.0. The number of amidine groups is 1. The zero-order valence-electron chi connectivity index (χ0n) is 15.9. The fraction of sp³-hybridized carbons (Fsp3) is 0.381. The van der Waals surface area contributed by atoms with Crippen LogP contribution in [0.15, 0.2) is 41.4 Å². The summed E-state index contributed by atoms with van der Waals surface area (Å²) >= 11 is 0. The lowest BCUT2D eigenvalue weighted by Gasteiger charge is -2.47. The van der Waals surface area contributed by atoms with Crippen molar-refractivity contribution in [2.24, 2.45) is 4.99 Å². The highest BCUT2D eigenvalue weighted by molar-refractivity contribution is 6.02. The molecule has 0 spiro atoms. The number of aliphatic hydroxyl groups is 1. The van der Waals surface area contributed by atoms with Crippen molar-refractivity contribution in [1.82, 2.24) is 4.90 Å². The van der Waals surface area contributed by atoms with Crippen LogP contribution in [0.3, 0.4) is 0 Å². The van der Waals surface area contributed by atoms with Crippen LogP contribution < -0.4 is 14.2 Å². The Balaban J connectivity index is 1.90. The summed E-state index contributed by atoms with van der Waals surface area (Å²) < 4.78 is 16.4. The second-order valence-corrected chi connectivity index (χ2v) is 6.78. The molecule has 2 heterocycles. The van der Waals surface area contributed by atoms with Crippen LogP contribution in [0.2, 0.25) is 0 Å². The van der Waals surface area contributed by atoms with Crippen LogP contribution in [-0.2, 0) is 12.1 Å². The monoisotopic (exact) mass is 368 g/mol. The molecule has 1 unspecified atom stereocenters. The minimum atomic E-state index is -1.24. The third-order valence-electron chi connectivity index (χ3n) is 5.33. The van der Waals surface area contributed by atoms with E-state index in [1.54, 1.807) is 21.3 Å². The Bertz CT molecular complexity index is 870. The third-order valence-corrected chi connectivity index (χ3v) is 5.33. The second-order valence-electron chi connectivity index (χ2n) is 6.78. The predicted octanol–water partition coefficient (Wildman–Crippen LogP) is 2.57. The number of benzene rings is 2. The molecule has 2 aromatic carbocycles. The largest absolute Gasteiger partial charge is 0.493 e. The van der Waals surface area contributed by atoms with E-state index in [4.69, 9.17) is 19.2 Å². The molecule has 0 fully saturated rings. The van der Waals surface area contributed by atoms with E-state index in [-0.39, 0.29) is 0 Å². The molecule has 0 saturated heterocycles. The molecule has 2 aromatic rings. The molecule has 1 N–H and O–H groups in total. The Morgan fingerprint density at radius 1 is 1.04 bits per heavy atom. The van der Waals surface area contributed by atoms with Gasteiger partial charge < -0.3 is 24.2 Å².